The van der Waals surface area contributed by atoms with Gasteiger partial charge in [0.2, 0.25) is 0 Å². The molecule has 1 aliphatic heterocycles. The number of nitriles is 1. The van der Waals surface area contributed by atoms with Crippen molar-refractivity contribution >= 4 is 0 Å². The van der Waals surface area contributed by atoms with Gasteiger partial charge in [0.15, 0.2) is 0 Å². The molecule has 0 aromatic carbocycles. The molecule has 1 heterocycles. The number of rotatable bonds is 2. The van der Waals surface area contributed by atoms with E-state index in [0.717, 1.165) is 32.3 Å². The van der Waals surface area contributed by atoms with E-state index < -0.39 is 0 Å². The van der Waals surface area contributed by atoms with Crippen LogP contribution in [0.4, 0.5) is 0 Å². The molecule has 0 aromatic heterocycles. The highest BCUT2D eigenvalue weighted by atomic mass is 16.5. The Kier molecular flexibility index (Phi) is 4.64. The van der Waals surface area contributed by atoms with Crippen molar-refractivity contribution < 1.29 is 4.74 Å². The predicted molar refractivity (Wildman–Crippen MR) is 72.2 cm³/mol. The van der Waals surface area contributed by atoms with Crippen LogP contribution >= 0.6 is 0 Å². The van der Waals surface area contributed by atoms with Crippen LogP contribution < -0.4 is 5.32 Å². The van der Waals surface area contributed by atoms with Crippen LogP contribution in [0.1, 0.15) is 58.8 Å². The average Bonchev–Trinajstić information content (AvgIpc) is 2.53. The Labute approximate surface area is 111 Å². The molecule has 2 aliphatic rings. The Hall–Kier alpha value is -0.590. The summed E-state index contributed by atoms with van der Waals surface area (Å²) < 4.78 is 5.76. The molecule has 3 atom stereocenters. The third kappa shape index (κ3) is 3.70. The lowest BCUT2D eigenvalue weighted by atomic mass is 9.90. The minimum atomic E-state index is -0.0111. The smallest absolute Gasteiger partial charge is 0.0672 e. The van der Waals surface area contributed by atoms with Crippen LogP contribution in [0.2, 0.25) is 0 Å². The number of hydrogen-bond acceptors (Lipinski definition) is 3. The first kappa shape index (κ1) is 13.8. The number of hydrogen-bond donors (Lipinski definition) is 1. The Bertz CT molecular complexity index is 308. The summed E-state index contributed by atoms with van der Waals surface area (Å²) in [6, 6.07) is 3.43. The third-order valence-electron chi connectivity index (χ3n) is 4.33. The molecule has 0 spiro atoms. The van der Waals surface area contributed by atoms with Gasteiger partial charge in [-0.25, -0.2) is 0 Å². The Morgan fingerprint density at radius 3 is 2.67 bits per heavy atom. The summed E-state index contributed by atoms with van der Waals surface area (Å²) in [4.78, 5) is 0. The summed E-state index contributed by atoms with van der Waals surface area (Å²) in [6.45, 7) is 5.17. The van der Waals surface area contributed by atoms with Gasteiger partial charge in [-0.2, -0.15) is 5.26 Å². The first-order valence-corrected chi connectivity index (χ1v) is 7.40. The highest BCUT2D eigenvalue weighted by Gasteiger charge is 2.32. The van der Waals surface area contributed by atoms with Gasteiger partial charge in [0.25, 0.3) is 0 Å². The lowest BCUT2D eigenvalue weighted by molar-refractivity contribution is -0.0647. The first-order chi connectivity index (χ1) is 8.61. The molecule has 1 saturated heterocycles. The van der Waals surface area contributed by atoms with Gasteiger partial charge in [0, 0.05) is 18.7 Å². The monoisotopic (exact) mass is 250 g/mol. The fourth-order valence-corrected chi connectivity index (χ4v) is 3.34. The number of nitrogens with one attached hydrogen (secondary N) is 1. The van der Waals surface area contributed by atoms with E-state index in [1.54, 1.807) is 0 Å². The summed E-state index contributed by atoms with van der Waals surface area (Å²) in [5.74, 6) is 0.207. The van der Waals surface area contributed by atoms with E-state index in [1.165, 1.54) is 19.3 Å². The lowest BCUT2D eigenvalue weighted by Crippen LogP contribution is -2.49. The van der Waals surface area contributed by atoms with E-state index >= 15 is 0 Å². The van der Waals surface area contributed by atoms with Gasteiger partial charge in [-0.05, 0) is 39.5 Å². The van der Waals surface area contributed by atoms with E-state index in [1.807, 2.05) is 0 Å². The normalized spacial score (nSPS) is 36.6. The van der Waals surface area contributed by atoms with Crippen LogP contribution in [0.5, 0.6) is 0 Å². The second-order valence-corrected chi connectivity index (χ2v) is 6.44. The van der Waals surface area contributed by atoms with Crippen molar-refractivity contribution in [1.29, 1.82) is 5.26 Å². The van der Waals surface area contributed by atoms with Crippen LogP contribution in [0, 0.1) is 17.2 Å². The SMILES string of the molecule is CC1(C)CC(NC2CCCCCC2C#N)CCO1. The Morgan fingerprint density at radius 1 is 1.17 bits per heavy atom. The molecule has 3 nitrogen and oxygen atoms in total. The van der Waals surface area contributed by atoms with Crippen molar-refractivity contribution in [2.24, 2.45) is 5.92 Å². The third-order valence-corrected chi connectivity index (χ3v) is 4.33. The highest BCUT2D eigenvalue weighted by molar-refractivity contribution is 4.96. The fraction of sp³-hybridized carbons (Fsp3) is 0.933. The van der Waals surface area contributed by atoms with Crippen LogP contribution in [0.15, 0.2) is 0 Å². The van der Waals surface area contributed by atoms with Gasteiger partial charge in [-0.1, -0.05) is 19.3 Å². The van der Waals surface area contributed by atoms with E-state index in [2.05, 4.69) is 25.2 Å². The zero-order chi connectivity index (χ0) is 13.0. The fourth-order valence-electron chi connectivity index (χ4n) is 3.34. The largest absolute Gasteiger partial charge is 0.375 e. The molecule has 18 heavy (non-hydrogen) atoms. The van der Waals surface area contributed by atoms with Gasteiger partial charge in [-0.15, -0.1) is 0 Å². The van der Waals surface area contributed by atoms with Gasteiger partial charge >= 0.3 is 0 Å². The van der Waals surface area contributed by atoms with Gasteiger partial charge < -0.3 is 10.1 Å². The molecular weight excluding hydrogens is 224 g/mol. The molecule has 1 aliphatic carbocycles. The second kappa shape index (κ2) is 6.04. The van der Waals surface area contributed by atoms with Gasteiger partial charge in [-0.3, -0.25) is 0 Å². The van der Waals surface area contributed by atoms with E-state index in [-0.39, 0.29) is 11.5 Å². The maximum Gasteiger partial charge on any atom is 0.0672 e. The summed E-state index contributed by atoms with van der Waals surface area (Å²) >= 11 is 0. The van der Waals surface area contributed by atoms with E-state index in [9.17, 15) is 5.26 Å². The Morgan fingerprint density at radius 2 is 1.94 bits per heavy atom. The summed E-state index contributed by atoms with van der Waals surface area (Å²) in [5, 5.41) is 13.1. The molecule has 0 amide bonds. The van der Waals surface area contributed by atoms with E-state index in [4.69, 9.17) is 4.74 Å². The zero-order valence-corrected chi connectivity index (χ0v) is 11.7. The summed E-state index contributed by atoms with van der Waals surface area (Å²) in [6.07, 6.45) is 8.14. The second-order valence-electron chi connectivity index (χ2n) is 6.44. The molecule has 2 rings (SSSR count). The van der Waals surface area contributed by atoms with Crippen LogP contribution in [-0.4, -0.2) is 24.3 Å². The van der Waals surface area contributed by atoms with Crippen LogP contribution in [-0.2, 0) is 4.74 Å². The van der Waals surface area contributed by atoms with Crippen molar-refractivity contribution in [1.82, 2.24) is 5.32 Å². The number of ether oxygens (including phenoxy) is 1. The first-order valence-electron chi connectivity index (χ1n) is 7.40. The molecule has 0 radical (unpaired) electrons. The van der Waals surface area contributed by atoms with Crippen molar-refractivity contribution in [3.63, 3.8) is 0 Å². The molecule has 1 N–H and O–H groups in total. The predicted octanol–water partition coefficient (Wildman–Crippen LogP) is 3.01. The molecule has 1 saturated carbocycles. The molecular formula is C15H26N2O. The van der Waals surface area contributed by atoms with Crippen molar-refractivity contribution in [2.45, 2.75) is 76.5 Å². The summed E-state index contributed by atoms with van der Waals surface area (Å²) in [7, 11) is 0. The molecule has 0 bridgehead atoms. The van der Waals surface area contributed by atoms with Crippen molar-refractivity contribution in [3.8, 4) is 6.07 Å². The molecule has 0 aromatic rings. The maximum atomic E-state index is 9.30. The molecule has 3 unspecified atom stereocenters. The Balaban J connectivity index is 1.92. The van der Waals surface area contributed by atoms with Crippen LogP contribution in [0.3, 0.4) is 0 Å². The van der Waals surface area contributed by atoms with Gasteiger partial charge in [0.05, 0.1) is 17.6 Å². The van der Waals surface area contributed by atoms with Crippen LogP contribution in [0.25, 0.3) is 0 Å². The minimum Gasteiger partial charge on any atom is -0.375 e. The maximum absolute atomic E-state index is 9.30. The average molecular weight is 250 g/mol. The topological polar surface area (TPSA) is 45.0 Å². The summed E-state index contributed by atoms with van der Waals surface area (Å²) in [5.41, 5.74) is -0.0111. The molecule has 102 valence electrons. The van der Waals surface area contributed by atoms with Crippen molar-refractivity contribution in [3.05, 3.63) is 0 Å². The van der Waals surface area contributed by atoms with Gasteiger partial charge in [0.1, 0.15) is 0 Å². The molecule has 2 fully saturated rings. The standard InChI is InChI=1S/C15H26N2O/c1-15(2)10-13(8-9-18-15)17-14-7-5-3-4-6-12(14)11-16/h12-14,17H,3-10H2,1-2H3. The van der Waals surface area contributed by atoms with Crippen molar-refractivity contribution in [2.75, 3.05) is 6.61 Å². The number of nitrogens with zero attached hydrogens (tertiary/aromatic N) is 1. The van der Waals surface area contributed by atoms with E-state index in [0.29, 0.717) is 12.1 Å². The highest BCUT2D eigenvalue weighted by Crippen LogP contribution is 2.28. The minimum absolute atomic E-state index is 0.0111. The zero-order valence-electron chi connectivity index (χ0n) is 11.7. The lowest BCUT2D eigenvalue weighted by Gasteiger charge is -2.38. The molecule has 3 heteroatoms. The quantitative estimate of drug-likeness (QED) is 0.766.